The molecule has 7 heteroatoms. The monoisotopic (exact) mass is 378 g/mol. The lowest BCUT2D eigenvalue weighted by atomic mass is 9.85. The third-order valence-corrected chi connectivity index (χ3v) is 4.84. The van der Waals surface area contributed by atoms with Crippen LogP contribution in [0.5, 0.6) is 0 Å². The van der Waals surface area contributed by atoms with Gasteiger partial charge in [0, 0.05) is 12.0 Å². The SMILES string of the molecule is C=C1C(=O)O[C@H]2/C=C(/CO)CC/C=C(\C)C[C@H](OC(=O)C(=C)[C@@H](O)CO)[C@@H]12. The summed E-state index contributed by atoms with van der Waals surface area (Å²) >= 11 is 0. The van der Waals surface area contributed by atoms with Gasteiger partial charge < -0.3 is 24.8 Å². The highest BCUT2D eigenvalue weighted by molar-refractivity contribution is 5.92. The van der Waals surface area contributed by atoms with E-state index in [2.05, 4.69) is 13.2 Å². The molecule has 0 radical (unpaired) electrons. The molecule has 1 aliphatic carbocycles. The minimum atomic E-state index is -1.42. The summed E-state index contributed by atoms with van der Waals surface area (Å²) < 4.78 is 10.9. The molecule has 3 N–H and O–H groups in total. The molecule has 27 heavy (non-hydrogen) atoms. The molecular formula is C20H26O7. The quantitative estimate of drug-likeness (QED) is 0.371. The van der Waals surface area contributed by atoms with E-state index < -0.39 is 42.8 Å². The Kier molecular flexibility index (Phi) is 7.12. The van der Waals surface area contributed by atoms with Crippen molar-refractivity contribution in [2.75, 3.05) is 13.2 Å². The van der Waals surface area contributed by atoms with Crippen molar-refractivity contribution >= 4 is 11.9 Å². The van der Waals surface area contributed by atoms with Crippen LogP contribution in [-0.4, -0.2) is 58.8 Å². The molecule has 1 heterocycles. The molecule has 0 aromatic rings. The highest BCUT2D eigenvalue weighted by atomic mass is 16.6. The molecule has 0 amide bonds. The van der Waals surface area contributed by atoms with Gasteiger partial charge in [-0.25, -0.2) is 9.59 Å². The highest BCUT2D eigenvalue weighted by Gasteiger charge is 2.44. The van der Waals surface area contributed by atoms with Crippen LogP contribution in [0.4, 0.5) is 0 Å². The molecule has 1 fully saturated rings. The van der Waals surface area contributed by atoms with Crippen molar-refractivity contribution in [3.05, 3.63) is 47.6 Å². The van der Waals surface area contributed by atoms with Gasteiger partial charge in [-0.3, -0.25) is 0 Å². The Morgan fingerprint density at radius 2 is 2.15 bits per heavy atom. The van der Waals surface area contributed by atoms with Crippen LogP contribution in [0.25, 0.3) is 0 Å². The average molecular weight is 378 g/mol. The zero-order valence-corrected chi connectivity index (χ0v) is 15.4. The zero-order valence-electron chi connectivity index (χ0n) is 15.4. The summed E-state index contributed by atoms with van der Waals surface area (Å²) in [4.78, 5) is 24.4. The average Bonchev–Trinajstić information content (AvgIpc) is 2.92. The number of aliphatic hydroxyl groups excluding tert-OH is 3. The summed E-state index contributed by atoms with van der Waals surface area (Å²) in [6.45, 7) is 8.32. The lowest BCUT2D eigenvalue weighted by molar-refractivity contribution is -0.148. The second-order valence-electron chi connectivity index (χ2n) is 6.86. The van der Waals surface area contributed by atoms with E-state index in [1.54, 1.807) is 6.08 Å². The smallest absolute Gasteiger partial charge is 0.336 e. The van der Waals surface area contributed by atoms with Crippen molar-refractivity contribution in [3.8, 4) is 0 Å². The van der Waals surface area contributed by atoms with Crippen molar-refractivity contribution in [1.29, 1.82) is 0 Å². The van der Waals surface area contributed by atoms with E-state index in [1.807, 2.05) is 13.0 Å². The fourth-order valence-electron chi connectivity index (χ4n) is 3.23. The Morgan fingerprint density at radius 1 is 1.44 bits per heavy atom. The first-order valence-corrected chi connectivity index (χ1v) is 8.83. The minimum Gasteiger partial charge on any atom is -0.458 e. The molecule has 148 valence electrons. The molecule has 0 aromatic heterocycles. The second-order valence-corrected chi connectivity index (χ2v) is 6.86. The maximum atomic E-state index is 12.3. The van der Waals surface area contributed by atoms with Gasteiger partial charge in [-0.2, -0.15) is 0 Å². The van der Waals surface area contributed by atoms with Crippen LogP contribution in [0.15, 0.2) is 47.6 Å². The molecule has 2 aliphatic rings. The van der Waals surface area contributed by atoms with E-state index in [-0.39, 0.29) is 17.8 Å². The first kappa shape index (κ1) is 21.1. The fraction of sp³-hybridized carbons (Fsp3) is 0.500. The van der Waals surface area contributed by atoms with Crippen LogP contribution < -0.4 is 0 Å². The largest absolute Gasteiger partial charge is 0.458 e. The van der Waals surface area contributed by atoms with Gasteiger partial charge in [0.25, 0.3) is 0 Å². The molecular weight excluding hydrogens is 352 g/mol. The summed E-state index contributed by atoms with van der Waals surface area (Å²) in [6.07, 6.45) is 2.46. The topological polar surface area (TPSA) is 113 Å². The van der Waals surface area contributed by atoms with Crippen molar-refractivity contribution in [2.24, 2.45) is 5.92 Å². The lowest BCUT2D eigenvalue weighted by Gasteiger charge is -2.28. The third kappa shape index (κ3) is 4.94. The molecule has 2 rings (SSSR count). The Balaban J connectivity index is 2.36. The Bertz CT molecular complexity index is 688. The normalized spacial score (nSPS) is 30.9. The second kappa shape index (κ2) is 9.12. The van der Waals surface area contributed by atoms with Gasteiger partial charge >= 0.3 is 11.9 Å². The maximum absolute atomic E-state index is 12.3. The van der Waals surface area contributed by atoms with Crippen molar-refractivity contribution < 1.29 is 34.4 Å². The Morgan fingerprint density at radius 3 is 2.78 bits per heavy atom. The standard InChI is InChI=1S/C20H26O7/c1-11-5-4-6-14(9-21)8-17-18(13(3)20(25)27-17)16(7-11)26-19(24)12(2)15(23)10-22/h5,8,15-18,21-23H,2-4,6-7,9-10H2,1H3/b11-5+,14-8+/t15-,16-,17-,18+/m0/s1. The highest BCUT2D eigenvalue weighted by Crippen LogP contribution is 2.36. The van der Waals surface area contributed by atoms with Crippen LogP contribution >= 0.6 is 0 Å². The number of hydrogen-bond acceptors (Lipinski definition) is 7. The van der Waals surface area contributed by atoms with Gasteiger partial charge in [0.1, 0.15) is 18.3 Å². The lowest BCUT2D eigenvalue weighted by Crippen LogP contribution is -2.35. The fourth-order valence-corrected chi connectivity index (χ4v) is 3.23. The molecule has 0 aromatic carbocycles. The van der Waals surface area contributed by atoms with Crippen LogP contribution in [0, 0.1) is 5.92 Å². The minimum absolute atomic E-state index is 0.163. The van der Waals surface area contributed by atoms with Crippen molar-refractivity contribution in [2.45, 2.75) is 44.5 Å². The Labute approximate surface area is 158 Å². The molecule has 0 saturated carbocycles. The number of ether oxygens (including phenoxy) is 2. The van der Waals surface area contributed by atoms with Gasteiger partial charge in [-0.05, 0) is 31.4 Å². The van der Waals surface area contributed by atoms with E-state index in [0.29, 0.717) is 19.3 Å². The summed E-state index contributed by atoms with van der Waals surface area (Å²) in [5.74, 6) is -2.05. The molecule has 7 nitrogen and oxygen atoms in total. The number of rotatable bonds is 5. The number of carbonyl (C=O) groups excluding carboxylic acids is 2. The van der Waals surface area contributed by atoms with Crippen molar-refractivity contribution in [3.63, 3.8) is 0 Å². The predicted octanol–water partition coefficient (Wildman–Crippen LogP) is 0.954. The number of aliphatic hydroxyl groups is 3. The molecule has 1 saturated heterocycles. The molecule has 0 spiro atoms. The Hall–Kier alpha value is -2.22. The molecule has 1 aliphatic heterocycles. The number of fused-ring (bicyclic) bond motifs is 1. The van der Waals surface area contributed by atoms with Crippen LogP contribution in [-0.2, 0) is 19.1 Å². The number of esters is 2. The van der Waals surface area contributed by atoms with Crippen molar-refractivity contribution in [1.82, 2.24) is 0 Å². The number of hydrogen-bond donors (Lipinski definition) is 3. The van der Waals surface area contributed by atoms with E-state index in [0.717, 1.165) is 11.1 Å². The zero-order chi connectivity index (χ0) is 20.1. The van der Waals surface area contributed by atoms with Gasteiger partial charge in [0.05, 0.1) is 24.7 Å². The molecule has 4 atom stereocenters. The first-order chi connectivity index (χ1) is 12.8. The van der Waals surface area contributed by atoms with Crippen LogP contribution in [0.2, 0.25) is 0 Å². The molecule has 0 bridgehead atoms. The van der Waals surface area contributed by atoms with Gasteiger partial charge in [0.15, 0.2) is 0 Å². The summed E-state index contributed by atoms with van der Waals surface area (Å²) in [7, 11) is 0. The van der Waals surface area contributed by atoms with E-state index >= 15 is 0 Å². The van der Waals surface area contributed by atoms with Gasteiger partial charge in [0.2, 0.25) is 0 Å². The van der Waals surface area contributed by atoms with Crippen LogP contribution in [0.3, 0.4) is 0 Å². The summed E-state index contributed by atoms with van der Waals surface area (Å²) in [6, 6.07) is 0. The summed E-state index contributed by atoms with van der Waals surface area (Å²) in [5, 5.41) is 28.2. The summed E-state index contributed by atoms with van der Waals surface area (Å²) in [5.41, 5.74) is 1.60. The predicted molar refractivity (Wildman–Crippen MR) is 97.4 cm³/mol. The maximum Gasteiger partial charge on any atom is 0.336 e. The third-order valence-electron chi connectivity index (χ3n) is 4.84. The number of carbonyl (C=O) groups is 2. The van der Waals surface area contributed by atoms with E-state index in [1.165, 1.54) is 0 Å². The van der Waals surface area contributed by atoms with E-state index in [4.69, 9.17) is 14.6 Å². The van der Waals surface area contributed by atoms with E-state index in [9.17, 15) is 19.8 Å². The van der Waals surface area contributed by atoms with Gasteiger partial charge in [-0.15, -0.1) is 0 Å². The number of allylic oxidation sites excluding steroid dienone is 1. The van der Waals surface area contributed by atoms with Crippen LogP contribution in [0.1, 0.15) is 26.2 Å². The molecule has 0 unspecified atom stereocenters. The van der Waals surface area contributed by atoms with Gasteiger partial charge in [-0.1, -0.05) is 24.8 Å². The first-order valence-electron chi connectivity index (χ1n) is 8.83.